The van der Waals surface area contributed by atoms with E-state index in [9.17, 15) is 4.79 Å². The molecule has 0 spiro atoms. The molecule has 1 aliphatic heterocycles. The van der Waals surface area contributed by atoms with Gasteiger partial charge in [0.2, 0.25) is 5.91 Å². The molecule has 1 amide bonds. The average Bonchev–Trinajstić information content (AvgIpc) is 2.53. The number of anilines is 1. The van der Waals surface area contributed by atoms with Crippen LogP contribution in [-0.4, -0.2) is 39.0 Å². The van der Waals surface area contributed by atoms with Crippen LogP contribution in [0.25, 0.3) is 0 Å². The predicted molar refractivity (Wildman–Crippen MR) is 82.3 cm³/mol. The van der Waals surface area contributed by atoms with Gasteiger partial charge in [-0.05, 0) is 44.0 Å². The molecule has 0 bridgehead atoms. The molecule has 1 heterocycles. The SMILES string of the molecule is CCOC(OC)C1CCN(c2ccc(C(N)=O)cc2)CC1. The molecule has 21 heavy (non-hydrogen) atoms. The largest absolute Gasteiger partial charge is 0.372 e. The van der Waals surface area contributed by atoms with Gasteiger partial charge >= 0.3 is 0 Å². The summed E-state index contributed by atoms with van der Waals surface area (Å²) in [6, 6.07) is 7.47. The van der Waals surface area contributed by atoms with Gasteiger partial charge in [0.15, 0.2) is 6.29 Å². The number of benzene rings is 1. The van der Waals surface area contributed by atoms with E-state index >= 15 is 0 Å². The normalized spacial score (nSPS) is 17.7. The molecule has 1 aromatic rings. The first-order chi connectivity index (χ1) is 10.2. The summed E-state index contributed by atoms with van der Waals surface area (Å²) in [5.41, 5.74) is 6.93. The quantitative estimate of drug-likeness (QED) is 0.815. The van der Waals surface area contributed by atoms with Crippen LogP contribution in [-0.2, 0) is 9.47 Å². The lowest BCUT2D eigenvalue weighted by Crippen LogP contribution is -2.39. The molecule has 1 aromatic carbocycles. The van der Waals surface area contributed by atoms with E-state index in [1.807, 2.05) is 19.1 Å². The van der Waals surface area contributed by atoms with E-state index in [2.05, 4.69) is 4.90 Å². The van der Waals surface area contributed by atoms with Crippen molar-refractivity contribution in [1.82, 2.24) is 0 Å². The van der Waals surface area contributed by atoms with Crippen LogP contribution in [0.3, 0.4) is 0 Å². The summed E-state index contributed by atoms with van der Waals surface area (Å²) in [7, 11) is 1.70. The van der Waals surface area contributed by atoms with Crippen molar-refractivity contribution in [1.29, 1.82) is 0 Å². The number of piperidine rings is 1. The molecule has 2 N–H and O–H groups in total. The Morgan fingerprint density at radius 1 is 1.33 bits per heavy atom. The fraction of sp³-hybridized carbons (Fsp3) is 0.562. The molecule has 1 aliphatic rings. The zero-order valence-corrected chi connectivity index (χ0v) is 12.7. The number of ether oxygens (including phenoxy) is 2. The van der Waals surface area contributed by atoms with Crippen molar-refractivity contribution >= 4 is 11.6 Å². The van der Waals surface area contributed by atoms with E-state index in [1.54, 1.807) is 19.2 Å². The Balaban J connectivity index is 1.92. The van der Waals surface area contributed by atoms with Gasteiger partial charge in [-0.1, -0.05) is 0 Å². The predicted octanol–water partition coefficient (Wildman–Crippen LogP) is 2.01. The fourth-order valence-corrected chi connectivity index (χ4v) is 2.83. The Bertz CT molecular complexity index is 453. The number of carbonyl (C=O) groups excluding carboxylic acids is 1. The van der Waals surface area contributed by atoms with Gasteiger partial charge in [0.1, 0.15) is 0 Å². The monoisotopic (exact) mass is 292 g/mol. The zero-order valence-electron chi connectivity index (χ0n) is 12.7. The van der Waals surface area contributed by atoms with Crippen molar-refractivity contribution in [3.63, 3.8) is 0 Å². The van der Waals surface area contributed by atoms with Gasteiger partial charge in [0, 0.05) is 44.0 Å². The summed E-state index contributed by atoms with van der Waals surface area (Å²) in [6.07, 6.45) is 1.97. The van der Waals surface area contributed by atoms with Crippen LogP contribution in [0.5, 0.6) is 0 Å². The minimum atomic E-state index is -0.389. The van der Waals surface area contributed by atoms with E-state index in [1.165, 1.54) is 0 Å². The summed E-state index contributed by atoms with van der Waals surface area (Å²) >= 11 is 0. The summed E-state index contributed by atoms with van der Waals surface area (Å²) in [5, 5.41) is 0. The first-order valence-electron chi connectivity index (χ1n) is 7.45. The molecule has 0 radical (unpaired) electrons. The smallest absolute Gasteiger partial charge is 0.248 e. The second kappa shape index (κ2) is 7.43. The summed E-state index contributed by atoms with van der Waals surface area (Å²) in [6.45, 7) is 4.59. The fourth-order valence-electron chi connectivity index (χ4n) is 2.83. The lowest BCUT2D eigenvalue weighted by Gasteiger charge is -2.36. The molecule has 0 saturated carbocycles. The van der Waals surface area contributed by atoms with Crippen molar-refractivity contribution in [2.45, 2.75) is 26.1 Å². The Hall–Kier alpha value is -1.59. The van der Waals surface area contributed by atoms with E-state index in [0.717, 1.165) is 31.6 Å². The van der Waals surface area contributed by atoms with Gasteiger partial charge in [0.25, 0.3) is 0 Å². The van der Waals surface area contributed by atoms with Crippen LogP contribution >= 0.6 is 0 Å². The highest BCUT2D eigenvalue weighted by atomic mass is 16.7. The first-order valence-corrected chi connectivity index (χ1v) is 7.45. The Labute approximate surface area is 126 Å². The number of hydrogen-bond donors (Lipinski definition) is 1. The molecule has 1 fully saturated rings. The topological polar surface area (TPSA) is 64.8 Å². The molecule has 5 nitrogen and oxygen atoms in total. The summed E-state index contributed by atoms with van der Waals surface area (Å²) < 4.78 is 11.0. The highest BCUT2D eigenvalue weighted by Gasteiger charge is 2.27. The number of carbonyl (C=O) groups is 1. The number of amides is 1. The van der Waals surface area contributed by atoms with Crippen molar-refractivity contribution in [2.75, 3.05) is 31.7 Å². The Morgan fingerprint density at radius 3 is 2.43 bits per heavy atom. The maximum Gasteiger partial charge on any atom is 0.248 e. The summed E-state index contributed by atoms with van der Waals surface area (Å²) in [4.78, 5) is 13.4. The molecular weight excluding hydrogens is 268 g/mol. The second-order valence-electron chi connectivity index (χ2n) is 5.30. The van der Waals surface area contributed by atoms with E-state index in [4.69, 9.17) is 15.2 Å². The number of rotatable bonds is 6. The maximum atomic E-state index is 11.1. The zero-order chi connectivity index (χ0) is 15.2. The third-order valence-corrected chi connectivity index (χ3v) is 4.00. The lowest BCUT2D eigenvalue weighted by molar-refractivity contribution is -0.156. The van der Waals surface area contributed by atoms with E-state index < -0.39 is 0 Å². The van der Waals surface area contributed by atoms with E-state index in [-0.39, 0.29) is 12.2 Å². The number of nitrogens with zero attached hydrogens (tertiary/aromatic N) is 1. The van der Waals surface area contributed by atoms with Gasteiger partial charge in [-0.15, -0.1) is 0 Å². The van der Waals surface area contributed by atoms with Crippen LogP contribution in [0.1, 0.15) is 30.1 Å². The maximum absolute atomic E-state index is 11.1. The number of methoxy groups -OCH3 is 1. The number of primary amides is 1. The van der Waals surface area contributed by atoms with Crippen molar-refractivity contribution in [3.05, 3.63) is 29.8 Å². The molecule has 1 unspecified atom stereocenters. The van der Waals surface area contributed by atoms with Crippen LogP contribution in [0.15, 0.2) is 24.3 Å². The van der Waals surface area contributed by atoms with Crippen LogP contribution in [0, 0.1) is 5.92 Å². The van der Waals surface area contributed by atoms with Crippen molar-refractivity contribution < 1.29 is 14.3 Å². The van der Waals surface area contributed by atoms with Gasteiger partial charge in [-0.2, -0.15) is 0 Å². The third kappa shape index (κ3) is 3.95. The van der Waals surface area contributed by atoms with Crippen molar-refractivity contribution in [3.8, 4) is 0 Å². The average molecular weight is 292 g/mol. The minimum Gasteiger partial charge on any atom is -0.372 e. The molecule has 5 heteroatoms. The molecule has 0 aliphatic carbocycles. The van der Waals surface area contributed by atoms with Crippen LogP contribution in [0.4, 0.5) is 5.69 Å². The minimum absolute atomic E-state index is 0.102. The first kappa shape index (κ1) is 15.8. The molecule has 2 rings (SSSR count). The molecule has 0 aromatic heterocycles. The number of hydrogen-bond acceptors (Lipinski definition) is 4. The van der Waals surface area contributed by atoms with Crippen LogP contribution < -0.4 is 10.6 Å². The summed E-state index contributed by atoms with van der Waals surface area (Å²) in [5.74, 6) is 0.0519. The van der Waals surface area contributed by atoms with E-state index in [0.29, 0.717) is 18.1 Å². The molecule has 1 atom stereocenters. The molecule has 116 valence electrons. The molecule has 1 saturated heterocycles. The standard InChI is InChI=1S/C16H24N2O3/c1-3-21-16(20-2)13-8-10-18(11-9-13)14-6-4-12(5-7-14)15(17)19/h4-7,13,16H,3,8-11H2,1-2H3,(H2,17,19). The van der Waals surface area contributed by atoms with Crippen LogP contribution in [0.2, 0.25) is 0 Å². The lowest BCUT2D eigenvalue weighted by atomic mass is 9.95. The van der Waals surface area contributed by atoms with Gasteiger partial charge in [-0.25, -0.2) is 0 Å². The van der Waals surface area contributed by atoms with Gasteiger partial charge in [-0.3, -0.25) is 4.79 Å². The van der Waals surface area contributed by atoms with Gasteiger partial charge in [0.05, 0.1) is 0 Å². The van der Waals surface area contributed by atoms with Crippen molar-refractivity contribution in [2.24, 2.45) is 11.7 Å². The molecular formula is C16H24N2O3. The number of nitrogens with two attached hydrogens (primary N) is 1. The van der Waals surface area contributed by atoms with Gasteiger partial charge < -0.3 is 20.1 Å². The Morgan fingerprint density at radius 2 is 1.95 bits per heavy atom. The second-order valence-corrected chi connectivity index (χ2v) is 5.30. The highest BCUT2D eigenvalue weighted by molar-refractivity contribution is 5.93. The highest BCUT2D eigenvalue weighted by Crippen LogP contribution is 2.27. The Kier molecular flexibility index (Phi) is 5.59. The third-order valence-electron chi connectivity index (χ3n) is 4.00.